The Kier molecular flexibility index (Phi) is 5.57. The third kappa shape index (κ3) is 4.33. The summed E-state index contributed by atoms with van der Waals surface area (Å²) in [6.07, 6.45) is 0.865. The van der Waals surface area contributed by atoms with Crippen LogP contribution < -0.4 is 5.32 Å². The molecule has 0 saturated heterocycles. The van der Waals surface area contributed by atoms with Crippen LogP contribution in [0.5, 0.6) is 0 Å². The molecule has 0 aromatic heterocycles. The van der Waals surface area contributed by atoms with Gasteiger partial charge < -0.3 is 10.2 Å². The molecular weight excluding hydrogens is 302 g/mol. The molecule has 2 amide bonds. The number of alkyl halides is 1. The largest absolute Gasteiger partial charge is 0.328 e. The summed E-state index contributed by atoms with van der Waals surface area (Å²) in [7, 11) is 1.70. The van der Waals surface area contributed by atoms with Crippen molar-refractivity contribution in [2.45, 2.75) is 6.42 Å². The van der Waals surface area contributed by atoms with Gasteiger partial charge in [0.05, 0.1) is 4.92 Å². The van der Waals surface area contributed by atoms with Crippen LogP contribution in [0.25, 0.3) is 0 Å². The number of carbonyl (C=O) groups is 1. The maximum absolute atomic E-state index is 11.7. The Morgan fingerprint density at radius 3 is 2.56 bits per heavy atom. The van der Waals surface area contributed by atoms with Crippen LogP contribution >= 0.6 is 15.9 Å². The second-order valence-electron chi connectivity index (χ2n) is 3.70. The molecule has 7 heteroatoms. The van der Waals surface area contributed by atoms with Gasteiger partial charge in [0.15, 0.2) is 0 Å². The molecule has 0 radical (unpaired) electrons. The van der Waals surface area contributed by atoms with Gasteiger partial charge in [0.2, 0.25) is 0 Å². The minimum Gasteiger partial charge on any atom is -0.328 e. The molecule has 1 rings (SSSR count). The van der Waals surface area contributed by atoms with Gasteiger partial charge in [-0.2, -0.15) is 0 Å². The number of hydrogen-bond acceptors (Lipinski definition) is 3. The molecule has 98 valence electrons. The van der Waals surface area contributed by atoms with Crippen molar-refractivity contribution >= 4 is 33.3 Å². The number of urea groups is 1. The SMILES string of the molecule is CN(CCCBr)C(=O)Nc1ccc([N+](=O)[O-])cc1. The lowest BCUT2D eigenvalue weighted by Gasteiger charge is -2.17. The van der Waals surface area contributed by atoms with Gasteiger partial charge >= 0.3 is 6.03 Å². The summed E-state index contributed by atoms with van der Waals surface area (Å²) in [5, 5.41) is 14.0. The van der Waals surface area contributed by atoms with Crippen LogP contribution in [0.1, 0.15) is 6.42 Å². The van der Waals surface area contributed by atoms with Gasteiger partial charge in [0.1, 0.15) is 0 Å². The maximum Gasteiger partial charge on any atom is 0.321 e. The number of nitro benzene ring substituents is 1. The van der Waals surface area contributed by atoms with Crippen LogP contribution in [0.15, 0.2) is 24.3 Å². The highest BCUT2D eigenvalue weighted by molar-refractivity contribution is 9.09. The molecule has 0 unspecified atom stereocenters. The van der Waals surface area contributed by atoms with Gasteiger partial charge in [-0.15, -0.1) is 0 Å². The fourth-order valence-corrected chi connectivity index (χ4v) is 1.53. The normalized spacial score (nSPS) is 9.89. The standard InChI is InChI=1S/C11H14BrN3O3/c1-14(8-2-7-12)11(16)13-9-3-5-10(6-4-9)15(17)18/h3-6H,2,7-8H2,1H3,(H,13,16). The van der Waals surface area contributed by atoms with E-state index in [9.17, 15) is 14.9 Å². The topological polar surface area (TPSA) is 75.5 Å². The third-order valence-electron chi connectivity index (χ3n) is 2.30. The van der Waals surface area contributed by atoms with Crippen LogP contribution in [0.2, 0.25) is 0 Å². The molecule has 0 aliphatic rings. The molecule has 0 spiro atoms. The molecule has 1 N–H and O–H groups in total. The van der Waals surface area contributed by atoms with E-state index in [2.05, 4.69) is 21.2 Å². The summed E-state index contributed by atoms with van der Waals surface area (Å²) in [6.45, 7) is 0.643. The molecule has 0 saturated carbocycles. The zero-order valence-electron chi connectivity index (χ0n) is 9.93. The van der Waals surface area contributed by atoms with E-state index in [0.29, 0.717) is 12.2 Å². The van der Waals surface area contributed by atoms with Crippen molar-refractivity contribution in [3.8, 4) is 0 Å². The number of rotatable bonds is 5. The van der Waals surface area contributed by atoms with Gasteiger partial charge in [0, 0.05) is 36.7 Å². The average Bonchev–Trinajstić information content (AvgIpc) is 2.36. The van der Waals surface area contributed by atoms with E-state index in [1.54, 1.807) is 11.9 Å². The molecule has 1 aromatic rings. The smallest absolute Gasteiger partial charge is 0.321 e. The summed E-state index contributed by atoms with van der Waals surface area (Å²) in [5.74, 6) is 0. The molecular formula is C11H14BrN3O3. The van der Waals surface area contributed by atoms with Gasteiger partial charge in [-0.05, 0) is 18.6 Å². The Bertz CT molecular complexity index is 422. The molecule has 0 aliphatic heterocycles. The first-order valence-corrected chi connectivity index (χ1v) is 6.49. The van der Waals surface area contributed by atoms with E-state index >= 15 is 0 Å². The van der Waals surface area contributed by atoms with Gasteiger partial charge in [-0.25, -0.2) is 4.79 Å². The highest BCUT2D eigenvalue weighted by Gasteiger charge is 2.09. The average molecular weight is 316 g/mol. The van der Waals surface area contributed by atoms with E-state index in [4.69, 9.17) is 0 Å². The van der Waals surface area contributed by atoms with Crippen LogP contribution in [-0.2, 0) is 0 Å². The number of hydrogen-bond donors (Lipinski definition) is 1. The summed E-state index contributed by atoms with van der Waals surface area (Å²) < 4.78 is 0. The Morgan fingerprint density at radius 1 is 1.44 bits per heavy atom. The van der Waals surface area contributed by atoms with E-state index in [1.165, 1.54) is 24.3 Å². The van der Waals surface area contributed by atoms with E-state index in [1.807, 2.05) is 0 Å². The molecule has 0 atom stereocenters. The first kappa shape index (κ1) is 14.4. The van der Waals surface area contributed by atoms with Crippen molar-refractivity contribution in [2.24, 2.45) is 0 Å². The van der Waals surface area contributed by atoms with Crippen molar-refractivity contribution < 1.29 is 9.72 Å². The van der Waals surface area contributed by atoms with E-state index in [-0.39, 0.29) is 11.7 Å². The van der Waals surface area contributed by atoms with Crippen LogP contribution in [0, 0.1) is 10.1 Å². The lowest BCUT2D eigenvalue weighted by atomic mass is 10.3. The predicted octanol–water partition coefficient (Wildman–Crippen LogP) is 2.84. The molecule has 18 heavy (non-hydrogen) atoms. The van der Waals surface area contributed by atoms with Gasteiger partial charge in [-0.3, -0.25) is 10.1 Å². The minimum atomic E-state index is -0.478. The predicted molar refractivity (Wildman–Crippen MR) is 73.2 cm³/mol. The van der Waals surface area contributed by atoms with E-state index < -0.39 is 4.92 Å². The number of amides is 2. The number of nitro groups is 1. The number of carbonyl (C=O) groups excluding carboxylic acids is 1. The summed E-state index contributed by atoms with van der Waals surface area (Å²) >= 11 is 3.29. The number of anilines is 1. The lowest BCUT2D eigenvalue weighted by molar-refractivity contribution is -0.384. The second kappa shape index (κ2) is 6.95. The lowest BCUT2D eigenvalue weighted by Crippen LogP contribution is -2.32. The Hall–Kier alpha value is -1.63. The fraction of sp³-hybridized carbons (Fsp3) is 0.364. The summed E-state index contributed by atoms with van der Waals surface area (Å²) in [5.41, 5.74) is 0.539. The highest BCUT2D eigenvalue weighted by atomic mass is 79.9. The number of nitrogens with one attached hydrogen (secondary N) is 1. The molecule has 0 aliphatic carbocycles. The quantitative estimate of drug-likeness (QED) is 0.515. The highest BCUT2D eigenvalue weighted by Crippen LogP contribution is 2.15. The zero-order valence-corrected chi connectivity index (χ0v) is 11.5. The van der Waals surface area contributed by atoms with Crippen LogP contribution in [0.3, 0.4) is 0 Å². The first-order chi connectivity index (χ1) is 8.54. The van der Waals surface area contributed by atoms with Crippen molar-refractivity contribution in [3.63, 3.8) is 0 Å². The monoisotopic (exact) mass is 315 g/mol. The fourth-order valence-electron chi connectivity index (χ4n) is 1.28. The number of benzene rings is 1. The molecule has 0 bridgehead atoms. The third-order valence-corrected chi connectivity index (χ3v) is 2.86. The Balaban J connectivity index is 2.56. The van der Waals surface area contributed by atoms with Crippen molar-refractivity contribution in [1.82, 2.24) is 4.90 Å². The van der Waals surface area contributed by atoms with Crippen molar-refractivity contribution in [3.05, 3.63) is 34.4 Å². The summed E-state index contributed by atoms with van der Waals surface area (Å²) in [6, 6.07) is 5.50. The number of nitrogens with zero attached hydrogens (tertiary/aromatic N) is 2. The van der Waals surface area contributed by atoms with Gasteiger partial charge in [-0.1, -0.05) is 15.9 Å². The molecule has 0 fully saturated rings. The number of halogens is 1. The van der Waals surface area contributed by atoms with Crippen LogP contribution in [0.4, 0.5) is 16.2 Å². The maximum atomic E-state index is 11.7. The van der Waals surface area contributed by atoms with Crippen molar-refractivity contribution in [2.75, 3.05) is 24.2 Å². The first-order valence-electron chi connectivity index (χ1n) is 5.37. The molecule has 6 nitrogen and oxygen atoms in total. The Morgan fingerprint density at radius 2 is 2.06 bits per heavy atom. The Labute approximate surface area is 113 Å². The minimum absolute atomic E-state index is 0.000595. The molecule has 1 aromatic carbocycles. The van der Waals surface area contributed by atoms with Crippen LogP contribution in [-0.4, -0.2) is 34.8 Å². The van der Waals surface area contributed by atoms with E-state index in [0.717, 1.165) is 11.8 Å². The second-order valence-corrected chi connectivity index (χ2v) is 4.49. The van der Waals surface area contributed by atoms with Crippen molar-refractivity contribution in [1.29, 1.82) is 0 Å². The number of non-ortho nitro benzene ring substituents is 1. The molecule has 0 heterocycles. The summed E-state index contributed by atoms with van der Waals surface area (Å²) in [4.78, 5) is 23.2. The van der Waals surface area contributed by atoms with Gasteiger partial charge in [0.25, 0.3) is 5.69 Å². The zero-order chi connectivity index (χ0) is 13.5.